The predicted octanol–water partition coefficient (Wildman–Crippen LogP) is 3.21. The molecule has 0 spiro atoms. The third-order valence-electron chi connectivity index (χ3n) is 4.68. The van der Waals surface area contributed by atoms with Gasteiger partial charge in [0.25, 0.3) is 0 Å². The minimum Gasteiger partial charge on any atom is -0.454 e. The molecular formula is C19H14FN3O3. The van der Waals surface area contributed by atoms with Gasteiger partial charge in [0.15, 0.2) is 11.5 Å². The van der Waals surface area contributed by atoms with Crippen LogP contribution in [0.1, 0.15) is 23.6 Å². The van der Waals surface area contributed by atoms with E-state index in [-0.39, 0.29) is 24.4 Å². The van der Waals surface area contributed by atoms with Gasteiger partial charge >= 0.3 is 0 Å². The molecule has 1 amide bonds. The molecule has 2 aromatic carbocycles. The molecule has 0 bridgehead atoms. The number of nitrogens with zero attached hydrogens (tertiary/aromatic N) is 2. The Bertz CT molecular complexity index is 1010. The number of fused-ring (bicyclic) bond motifs is 2. The molecule has 26 heavy (non-hydrogen) atoms. The third-order valence-corrected chi connectivity index (χ3v) is 4.68. The van der Waals surface area contributed by atoms with Gasteiger partial charge in [-0.1, -0.05) is 6.07 Å². The van der Waals surface area contributed by atoms with Gasteiger partial charge in [-0.15, -0.1) is 0 Å². The second-order valence-electron chi connectivity index (χ2n) is 6.24. The second kappa shape index (κ2) is 5.59. The fraction of sp³-hybridized carbons (Fsp3) is 0.158. The van der Waals surface area contributed by atoms with Crippen LogP contribution in [-0.2, 0) is 4.79 Å². The van der Waals surface area contributed by atoms with Crippen molar-refractivity contribution in [1.82, 2.24) is 9.55 Å². The zero-order valence-corrected chi connectivity index (χ0v) is 13.6. The van der Waals surface area contributed by atoms with Crippen LogP contribution in [0.2, 0.25) is 0 Å². The molecule has 2 aliphatic heterocycles. The lowest BCUT2D eigenvalue weighted by Crippen LogP contribution is -2.24. The summed E-state index contributed by atoms with van der Waals surface area (Å²) in [4.78, 5) is 16.8. The van der Waals surface area contributed by atoms with Crippen LogP contribution in [0.5, 0.6) is 11.5 Å². The Morgan fingerprint density at radius 3 is 2.77 bits per heavy atom. The van der Waals surface area contributed by atoms with Crippen LogP contribution in [0.15, 0.2) is 48.8 Å². The van der Waals surface area contributed by atoms with Crippen molar-refractivity contribution in [1.29, 1.82) is 0 Å². The van der Waals surface area contributed by atoms with Crippen molar-refractivity contribution >= 4 is 11.7 Å². The molecule has 2 aliphatic rings. The number of imidazole rings is 1. The number of hydrogen-bond donors (Lipinski definition) is 1. The highest BCUT2D eigenvalue weighted by molar-refractivity contribution is 5.94. The SMILES string of the molecule is O=C1C[C@@H](c2ccc3c(c2)OCO3)c2ncn(-c3ccc(F)cc3)c2N1. The van der Waals surface area contributed by atoms with Gasteiger partial charge in [-0.05, 0) is 42.0 Å². The number of carbonyl (C=O) groups is 1. The minimum absolute atomic E-state index is 0.0935. The minimum atomic E-state index is -0.315. The lowest BCUT2D eigenvalue weighted by Gasteiger charge is -2.23. The van der Waals surface area contributed by atoms with Crippen LogP contribution in [-0.4, -0.2) is 22.3 Å². The molecule has 5 rings (SSSR count). The predicted molar refractivity (Wildman–Crippen MR) is 91.2 cm³/mol. The van der Waals surface area contributed by atoms with E-state index < -0.39 is 0 Å². The summed E-state index contributed by atoms with van der Waals surface area (Å²) in [6.45, 7) is 0.203. The number of benzene rings is 2. The van der Waals surface area contributed by atoms with Gasteiger partial charge in [-0.2, -0.15) is 0 Å². The summed E-state index contributed by atoms with van der Waals surface area (Å²) in [7, 11) is 0. The summed E-state index contributed by atoms with van der Waals surface area (Å²) in [5.41, 5.74) is 2.44. The van der Waals surface area contributed by atoms with Crippen molar-refractivity contribution < 1.29 is 18.7 Å². The van der Waals surface area contributed by atoms with E-state index in [4.69, 9.17) is 9.47 Å². The van der Waals surface area contributed by atoms with E-state index in [0.717, 1.165) is 16.9 Å². The van der Waals surface area contributed by atoms with E-state index in [9.17, 15) is 9.18 Å². The summed E-state index contributed by atoms with van der Waals surface area (Å²) < 4.78 is 25.8. The molecule has 6 nitrogen and oxygen atoms in total. The maximum Gasteiger partial charge on any atom is 0.231 e. The third kappa shape index (κ3) is 2.32. The first-order valence-corrected chi connectivity index (χ1v) is 8.21. The van der Waals surface area contributed by atoms with Crippen LogP contribution in [0.4, 0.5) is 10.2 Å². The molecule has 0 saturated carbocycles. The van der Waals surface area contributed by atoms with Gasteiger partial charge in [-0.25, -0.2) is 9.37 Å². The van der Waals surface area contributed by atoms with Crippen molar-refractivity contribution in [3.05, 3.63) is 65.9 Å². The first-order chi connectivity index (χ1) is 12.7. The summed E-state index contributed by atoms with van der Waals surface area (Å²) in [6.07, 6.45) is 1.94. The van der Waals surface area contributed by atoms with Crippen LogP contribution in [0, 0.1) is 5.82 Å². The molecule has 3 heterocycles. The summed E-state index contributed by atoms with van der Waals surface area (Å²) in [5, 5.41) is 2.89. The average Bonchev–Trinajstić information content (AvgIpc) is 3.27. The number of ether oxygens (including phenoxy) is 2. The maximum absolute atomic E-state index is 13.2. The van der Waals surface area contributed by atoms with Crippen molar-refractivity contribution in [3.63, 3.8) is 0 Å². The van der Waals surface area contributed by atoms with Gasteiger partial charge in [0.1, 0.15) is 18.0 Å². The van der Waals surface area contributed by atoms with Crippen molar-refractivity contribution in [3.8, 4) is 17.2 Å². The average molecular weight is 351 g/mol. The zero-order valence-electron chi connectivity index (χ0n) is 13.6. The van der Waals surface area contributed by atoms with E-state index in [1.807, 2.05) is 18.2 Å². The highest BCUT2D eigenvalue weighted by Crippen LogP contribution is 2.41. The molecule has 1 atom stereocenters. The highest BCUT2D eigenvalue weighted by Gasteiger charge is 2.32. The van der Waals surface area contributed by atoms with Crippen molar-refractivity contribution in [2.45, 2.75) is 12.3 Å². The fourth-order valence-corrected chi connectivity index (χ4v) is 3.41. The number of hydrogen-bond acceptors (Lipinski definition) is 4. The summed E-state index contributed by atoms with van der Waals surface area (Å²) in [6, 6.07) is 11.7. The van der Waals surface area contributed by atoms with Gasteiger partial charge < -0.3 is 14.8 Å². The molecule has 0 unspecified atom stereocenters. The zero-order chi connectivity index (χ0) is 17.7. The van der Waals surface area contributed by atoms with Crippen LogP contribution >= 0.6 is 0 Å². The molecule has 0 saturated heterocycles. The number of nitrogens with one attached hydrogen (secondary N) is 1. The van der Waals surface area contributed by atoms with Crippen LogP contribution in [0.25, 0.3) is 5.69 Å². The number of anilines is 1. The molecule has 1 N–H and O–H groups in total. The normalized spacial score (nSPS) is 17.7. The Labute approximate surface area is 148 Å². The molecular weight excluding hydrogens is 337 g/mol. The van der Waals surface area contributed by atoms with Crippen molar-refractivity contribution in [2.75, 3.05) is 12.1 Å². The van der Waals surface area contributed by atoms with E-state index in [1.54, 1.807) is 23.0 Å². The smallest absolute Gasteiger partial charge is 0.231 e. The largest absolute Gasteiger partial charge is 0.454 e. The fourth-order valence-electron chi connectivity index (χ4n) is 3.41. The Hall–Kier alpha value is -3.35. The second-order valence-corrected chi connectivity index (χ2v) is 6.24. The molecule has 1 aromatic heterocycles. The number of carbonyl (C=O) groups excluding carboxylic acids is 1. The molecule has 7 heteroatoms. The van der Waals surface area contributed by atoms with E-state index in [2.05, 4.69) is 10.3 Å². The highest BCUT2D eigenvalue weighted by atomic mass is 19.1. The Morgan fingerprint density at radius 1 is 1.12 bits per heavy atom. The maximum atomic E-state index is 13.2. The lowest BCUT2D eigenvalue weighted by molar-refractivity contribution is -0.116. The lowest BCUT2D eigenvalue weighted by atomic mass is 9.89. The standard InChI is InChI=1S/C19H14FN3O3/c20-12-2-4-13(5-3-12)23-9-21-18-14(8-17(24)22-19(18)23)11-1-6-15-16(7-11)26-10-25-15/h1-7,9,14H,8,10H2,(H,22,24)/t14-/m0/s1. The topological polar surface area (TPSA) is 65.4 Å². The monoisotopic (exact) mass is 351 g/mol. The summed E-state index contributed by atoms with van der Waals surface area (Å²) >= 11 is 0. The van der Waals surface area contributed by atoms with Crippen LogP contribution < -0.4 is 14.8 Å². The van der Waals surface area contributed by atoms with Crippen molar-refractivity contribution in [2.24, 2.45) is 0 Å². The summed E-state index contributed by atoms with van der Waals surface area (Å²) in [5.74, 6) is 1.39. The van der Waals surface area contributed by atoms with Gasteiger partial charge in [0, 0.05) is 18.0 Å². The molecule has 3 aromatic rings. The quantitative estimate of drug-likeness (QED) is 0.770. The Morgan fingerprint density at radius 2 is 1.92 bits per heavy atom. The van der Waals surface area contributed by atoms with E-state index in [0.29, 0.717) is 23.7 Å². The number of rotatable bonds is 2. The molecule has 130 valence electrons. The van der Waals surface area contributed by atoms with Crippen LogP contribution in [0.3, 0.4) is 0 Å². The molecule has 0 radical (unpaired) electrons. The van der Waals surface area contributed by atoms with Gasteiger partial charge in [-0.3, -0.25) is 9.36 Å². The first-order valence-electron chi connectivity index (χ1n) is 8.21. The van der Waals surface area contributed by atoms with E-state index in [1.165, 1.54) is 12.1 Å². The Balaban J connectivity index is 1.59. The van der Waals surface area contributed by atoms with Gasteiger partial charge in [0.2, 0.25) is 12.7 Å². The molecule has 0 fully saturated rings. The Kier molecular flexibility index (Phi) is 3.21. The van der Waals surface area contributed by atoms with E-state index >= 15 is 0 Å². The number of aromatic nitrogens is 2. The van der Waals surface area contributed by atoms with Gasteiger partial charge in [0.05, 0.1) is 5.69 Å². The number of halogens is 1. The molecule has 0 aliphatic carbocycles. The first kappa shape index (κ1) is 14.9. The number of amides is 1.